The molecule has 34 heavy (non-hydrogen) atoms. The second-order valence-corrected chi connectivity index (χ2v) is 8.41. The predicted molar refractivity (Wildman–Crippen MR) is 119 cm³/mol. The third-order valence-electron chi connectivity index (χ3n) is 6.27. The molecule has 1 amide bonds. The number of pyridine rings is 1. The Morgan fingerprint density at radius 3 is 2.59 bits per heavy atom. The van der Waals surface area contributed by atoms with Crippen molar-refractivity contribution in [2.45, 2.75) is 32.4 Å². The van der Waals surface area contributed by atoms with Crippen LogP contribution >= 0.6 is 0 Å². The number of carbonyl (C=O) groups excluding carboxylic acids is 2. The number of likely N-dealkylation sites (tertiary alicyclic amines) is 1. The molecule has 1 aromatic carbocycles. The van der Waals surface area contributed by atoms with Gasteiger partial charge in [-0.1, -0.05) is 6.07 Å². The largest absolute Gasteiger partial charge is 0.491 e. The molecule has 10 heteroatoms. The number of benzene rings is 1. The van der Waals surface area contributed by atoms with E-state index in [1.54, 1.807) is 4.90 Å². The summed E-state index contributed by atoms with van der Waals surface area (Å²) in [5, 5.41) is 0. The molecule has 0 unspecified atom stereocenters. The third kappa shape index (κ3) is 5.11. The minimum atomic E-state index is -0.638. The van der Waals surface area contributed by atoms with Crippen LogP contribution < -0.4 is 10.3 Å². The highest BCUT2D eigenvalue weighted by molar-refractivity contribution is 5.93. The molecule has 0 radical (unpaired) electrons. The van der Waals surface area contributed by atoms with Gasteiger partial charge in [0.05, 0.1) is 13.7 Å². The van der Waals surface area contributed by atoms with Gasteiger partial charge in [-0.05, 0) is 12.5 Å². The molecule has 3 heterocycles. The standard InChI is InChI=1S/C24H27F2N3O5/c1-33-24(32)23-19-6-8-27(15-16-4-5-17(25)13-18(16)26)9-10-29(19)22(31)14-20(23)34-12-11-28-7-2-3-21(28)30/h4-5,13-14H,2-3,6-12,15H2,1H3. The summed E-state index contributed by atoms with van der Waals surface area (Å²) in [6.45, 7) is 2.62. The number of esters is 1. The van der Waals surface area contributed by atoms with Gasteiger partial charge in [0.15, 0.2) is 0 Å². The van der Waals surface area contributed by atoms with E-state index in [2.05, 4.69) is 0 Å². The normalized spacial score (nSPS) is 16.3. The lowest BCUT2D eigenvalue weighted by Crippen LogP contribution is -2.31. The molecular weight excluding hydrogens is 448 g/mol. The number of nitrogens with zero attached hydrogens (tertiary/aromatic N) is 3. The smallest absolute Gasteiger partial charge is 0.343 e. The number of aromatic nitrogens is 1. The number of hydrogen-bond donors (Lipinski definition) is 0. The molecule has 0 spiro atoms. The van der Waals surface area contributed by atoms with Gasteiger partial charge in [-0.2, -0.15) is 0 Å². The minimum absolute atomic E-state index is 0.0662. The van der Waals surface area contributed by atoms with Crippen molar-refractivity contribution in [3.8, 4) is 5.75 Å². The molecule has 1 saturated heterocycles. The summed E-state index contributed by atoms with van der Waals surface area (Å²) in [4.78, 5) is 41.0. The SMILES string of the molecule is COC(=O)c1c(OCCN2CCCC2=O)cc(=O)n2c1CCN(Cc1ccc(F)cc1F)CC2. The molecular formula is C24H27F2N3O5. The summed E-state index contributed by atoms with van der Waals surface area (Å²) in [6, 6.07) is 4.74. The molecule has 2 aliphatic rings. The third-order valence-corrected chi connectivity index (χ3v) is 6.27. The van der Waals surface area contributed by atoms with E-state index in [9.17, 15) is 23.2 Å². The van der Waals surface area contributed by atoms with E-state index < -0.39 is 17.6 Å². The topological polar surface area (TPSA) is 81.1 Å². The van der Waals surface area contributed by atoms with Gasteiger partial charge >= 0.3 is 5.97 Å². The zero-order chi connectivity index (χ0) is 24.2. The van der Waals surface area contributed by atoms with E-state index in [0.717, 1.165) is 12.5 Å². The van der Waals surface area contributed by atoms with Gasteiger partial charge in [-0.15, -0.1) is 0 Å². The highest BCUT2D eigenvalue weighted by Gasteiger charge is 2.27. The van der Waals surface area contributed by atoms with Crippen LogP contribution in [-0.4, -0.2) is 66.1 Å². The number of halogens is 2. The van der Waals surface area contributed by atoms with Crippen molar-refractivity contribution >= 4 is 11.9 Å². The number of ether oxygens (including phenoxy) is 2. The molecule has 0 aliphatic carbocycles. The Balaban J connectivity index is 1.54. The Kier molecular flexibility index (Phi) is 7.26. The molecule has 0 atom stereocenters. The van der Waals surface area contributed by atoms with Crippen LogP contribution in [0.3, 0.4) is 0 Å². The summed E-state index contributed by atoms with van der Waals surface area (Å²) >= 11 is 0. The van der Waals surface area contributed by atoms with Crippen LogP contribution in [0.5, 0.6) is 5.75 Å². The molecule has 4 rings (SSSR count). The number of rotatable bonds is 7. The quantitative estimate of drug-likeness (QED) is 0.570. The lowest BCUT2D eigenvalue weighted by atomic mass is 10.1. The van der Waals surface area contributed by atoms with Crippen molar-refractivity contribution < 1.29 is 27.8 Å². The van der Waals surface area contributed by atoms with E-state index in [0.29, 0.717) is 56.8 Å². The fourth-order valence-electron chi connectivity index (χ4n) is 4.48. The molecule has 2 aliphatic heterocycles. The fraction of sp³-hybridized carbons (Fsp3) is 0.458. The molecule has 182 valence electrons. The Labute approximate surface area is 195 Å². The molecule has 2 aromatic rings. The number of hydrogen-bond acceptors (Lipinski definition) is 6. The van der Waals surface area contributed by atoms with Gasteiger partial charge in [0.25, 0.3) is 5.56 Å². The van der Waals surface area contributed by atoms with Gasteiger partial charge in [0.1, 0.15) is 29.6 Å². The van der Waals surface area contributed by atoms with Crippen LogP contribution in [0.25, 0.3) is 0 Å². The van der Waals surface area contributed by atoms with Gasteiger partial charge in [0, 0.05) is 69.0 Å². The van der Waals surface area contributed by atoms with Crippen LogP contribution in [0, 0.1) is 11.6 Å². The molecule has 0 saturated carbocycles. The summed E-state index contributed by atoms with van der Waals surface area (Å²) in [5.41, 5.74) is 0.719. The van der Waals surface area contributed by atoms with E-state index in [-0.39, 0.29) is 35.9 Å². The first-order valence-corrected chi connectivity index (χ1v) is 11.3. The summed E-state index contributed by atoms with van der Waals surface area (Å²) in [7, 11) is 1.26. The zero-order valence-corrected chi connectivity index (χ0v) is 19.0. The maximum absolute atomic E-state index is 14.1. The highest BCUT2D eigenvalue weighted by atomic mass is 19.1. The fourth-order valence-corrected chi connectivity index (χ4v) is 4.48. The summed E-state index contributed by atoms with van der Waals surface area (Å²) in [6.07, 6.45) is 1.67. The molecule has 0 bridgehead atoms. The van der Waals surface area contributed by atoms with Gasteiger partial charge < -0.3 is 18.9 Å². The van der Waals surface area contributed by atoms with Crippen molar-refractivity contribution in [1.82, 2.24) is 14.4 Å². The maximum Gasteiger partial charge on any atom is 0.343 e. The average Bonchev–Trinajstić information content (AvgIpc) is 3.09. The van der Waals surface area contributed by atoms with Crippen LogP contribution in [0.1, 0.15) is 34.5 Å². The van der Waals surface area contributed by atoms with Crippen LogP contribution in [0.4, 0.5) is 8.78 Å². The second kappa shape index (κ2) is 10.3. The first kappa shape index (κ1) is 23.9. The van der Waals surface area contributed by atoms with Gasteiger partial charge in [0.2, 0.25) is 5.91 Å². The van der Waals surface area contributed by atoms with E-state index in [1.165, 1.54) is 29.9 Å². The Hall–Kier alpha value is -3.27. The first-order chi connectivity index (χ1) is 16.4. The first-order valence-electron chi connectivity index (χ1n) is 11.3. The van der Waals surface area contributed by atoms with Crippen molar-refractivity contribution in [2.75, 3.05) is 39.9 Å². The van der Waals surface area contributed by atoms with Crippen LogP contribution in [0.2, 0.25) is 0 Å². The lowest BCUT2D eigenvalue weighted by Gasteiger charge is -2.19. The summed E-state index contributed by atoms with van der Waals surface area (Å²) < 4.78 is 39.7. The van der Waals surface area contributed by atoms with E-state index in [4.69, 9.17) is 9.47 Å². The van der Waals surface area contributed by atoms with Gasteiger partial charge in [-0.25, -0.2) is 13.6 Å². The van der Waals surface area contributed by atoms with Gasteiger partial charge in [-0.3, -0.25) is 14.5 Å². The Morgan fingerprint density at radius 2 is 1.88 bits per heavy atom. The van der Waals surface area contributed by atoms with Crippen molar-refractivity contribution in [3.05, 3.63) is 63.1 Å². The summed E-state index contributed by atoms with van der Waals surface area (Å²) in [5.74, 6) is -1.68. The maximum atomic E-state index is 14.1. The van der Waals surface area contributed by atoms with E-state index >= 15 is 0 Å². The molecule has 0 N–H and O–H groups in total. The zero-order valence-electron chi connectivity index (χ0n) is 19.0. The van der Waals surface area contributed by atoms with E-state index in [1.807, 2.05) is 4.90 Å². The number of amides is 1. The minimum Gasteiger partial charge on any atom is -0.491 e. The molecule has 8 nitrogen and oxygen atoms in total. The van der Waals surface area contributed by atoms with Crippen LogP contribution in [0.15, 0.2) is 29.1 Å². The van der Waals surface area contributed by atoms with Crippen molar-refractivity contribution in [2.24, 2.45) is 0 Å². The predicted octanol–water partition coefficient (Wildman–Crippen LogP) is 1.97. The Morgan fingerprint density at radius 1 is 1.06 bits per heavy atom. The highest BCUT2D eigenvalue weighted by Crippen LogP contribution is 2.25. The average molecular weight is 475 g/mol. The molecule has 1 fully saturated rings. The number of carbonyl (C=O) groups is 2. The lowest BCUT2D eigenvalue weighted by molar-refractivity contribution is -0.128. The second-order valence-electron chi connectivity index (χ2n) is 8.41. The number of methoxy groups -OCH3 is 1. The Bertz CT molecular complexity index is 1150. The van der Waals surface area contributed by atoms with Crippen molar-refractivity contribution in [3.63, 3.8) is 0 Å². The van der Waals surface area contributed by atoms with Crippen LogP contribution in [-0.2, 0) is 29.0 Å². The van der Waals surface area contributed by atoms with Crippen molar-refractivity contribution in [1.29, 1.82) is 0 Å². The number of fused-ring (bicyclic) bond motifs is 1. The molecule has 1 aromatic heterocycles. The monoisotopic (exact) mass is 475 g/mol.